The summed E-state index contributed by atoms with van der Waals surface area (Å²) < 4.78 is 6.84. The molecular weight excluding hydrogens is 216 g/mol. The number of nitrogens with two attached hydrogens (primary N) is 1. The van der Waals surface area contributed by atoms with E-state index in [1.54, 1.807) is 18.0 Å². The number of methoxy groups -OCH3 is 1. The number of hydrogen-bond donors (Lipinski definition) is 1. The lowest BCUT2D eigenvalue weighted by atomic mass is 10.2. The van der Waals surface area contributed by atoms with Gasteiger partial charge in [-0.05, 0) is 5.56 Å². The molecule has 17 heavy (non-hydrogen) atoms. The molecule has 1 heterocycles. The molecule has 90 valence electrons. The van der Waals surface area contributed by atoms with Crippen molar-refractivity contribution in [3.63, 3.8) is 0 Å². The zero-order valence-electron chi connectivity index (χ0n) is 9.78. The highest BCUT2D eigenvalue weighted by atomic mass is 16.5. The molecule has 5 nitrogen and oxygen atoms in total. The number of rotatable bonds is 5. The molecule has 0 aliphatic rings. The van der Waals surface area contributed by atoms with Crippen molar-refractivity contribution >= 4 is 0 Å². The number of benzene rings is 1. The molecule has 0 aliphatic heterocycles. The highest BCUT2D eigenvalue weighted by molar-refractivity contribution is 5.16. The first-order valence-corrected chi connectivity index (χ1v) is 5.48. The van der Waals surface area contributed by atoms with E-state index in [0.29, 0.717) is 13.2 Å². The molecule has 0 bridgehead atoms. The van der Waals surface area contributed by atoms with Gasteiger partial charge in [0.05, 0.1) is 31.1 Å². The molecule has 2 N–H and O–H groups in total. The standard InChI is InChI=1S/C12H16N4O/c1-17-9-11(13)12-7-14-15-16(12)8-10-5-3-2-4-6-10/h2-7,11H,8-9,13H2,1H3/t11-/m1/s1. The molecule has 0 saturated heterocycles. The van der Waals surface area contributed by atoms with Gasteiger partial charge < -0.3 is 10.5 Å². The number of aromatic nitrogens is 3. The summed E-state index contributed by atoms with van der Waals surface area (Å²) in [6.07, 6.45) is 1.69. The van der Waals surface area contributed by atoms with Crippen molar-refractivity contribution < 1.29 is 4.74 Å². The number of hydrogen-bond acceptors (Lipinski definition) is 4. The maximum atomic E-state index is 5.98. The van der Waals surface area contributed by atoms with E-state index in [2.05, 4.69) is 10.3 Å². The smallest absolute Gasteiger partial charge is 0.0781 e. The molecule has 0 spiro atoms. The molecule has 1 aromatic carbocycles. The van der Waals surface area contributed by atoms with Crippen LogP contribution in [0.5, 0.6) is 0 Å². The molecular formula is C12H16N4O. The molecule has 2 rings (SSSR count). The second-order valence-electron chi connectivity index (χ2n) is 3.86. The van der Waals surface area contributed by atoms with Crippen molar-refractivity contribution in [3.05, 3.63) is 47.8 Å². The number of ether oxygens (including phenoxy) is 1. The molecule has 0 saturated carbocycles. The van der Waals surface area contributed by atoms with Gasteiger partial charge in [-0.3, -0.25) is 0 Å². The molecule has 5 heteroatoms. The maximum Gasteiger partial charge on any atom is 0.0781 e. The van der Waals surface area contributed by atoms with Gasteiger partial charge >= 0.3 is 0 Å². The van der Waals surface area contributed by atoms with E-state index in [0.717, 1.165) is 5.69 Å². The number of nitrogens with zero attached hydrogens (tertiary/aromatic N) is 3. The third kappa shape index (κ3) is 2.89. The van der Waals surface area contributed by atoms with E-state index in [-0.39, 0.29) is 6.04 Å². The molecule has 1 aromatic heterocycles. The van der Waals surface area contributed by atoms with E-state index < -0.39 is 0 Å². The van der Waals surface area contributed by atoms with Crippen LogP contribution in [0.15, 0.2) is 36.5 Å². The Morgan fingerprint density at radius 3 is 2.82 bits per heavy atom. The molecule has 1 atom stereocenters. The summed E-state index contributed by atoms with van der Waals surface area (Å²) in [7, 11) is 1.63. The second-order valence-corrected chi connectivity index (χ2v) is 3.86. The summed E-state index contributed by atoms with van der Waals surface area (Å²) in [5.41, 5.74) is 8.03. The minimum Gasteiger partial charge on any atom is -0.383 e. The highest BCUT2D eigenvalue weighted by Gasteiger charge is 2.12. The first-order valence-electron chi connectivity index (χ1n) is 5.48. The van der Waals surface area contributed by atoms with Crippen LogP contribution < -0.4 is 5.73 Å². The Kier molecular flexibility index (Phi) is 3.85. The zero-order valence-corrected chi connectivity index (χ0v) is 9.78. The first-order chi connectivity index (χ1) is 8.31. The summed E-state index contributed by atoms with van der Waals surface area (Å²) in [6.45, 7) is 1.13. The van der Waals surface area contributed by atoms with Gasteiger partial charge in [0.25, 0.3) is 0 Å². The lowest BCUT2D eigenvalue weighted by molar-refractivity contribution is 0.178. The highest BCUT2D eigenvalue weighted by Crippen LogP contribution is 2.10. The minimum atomic E-state index is -0.196. The Morgan fingerprint density at radius 2 is 2.12 bits per heavy atom. The van der Waals surface area contributed by atoms with Crippen LogP contribution in [0.2, 0.25) is 0 Å². The second kappa shape index (κ2) is 5.56. The van der Waals surface area contributed by atoms with Crippen LogP contribution in [0.25, 0.3) is 0 Å². The van der Waals surface area contributed by atoms with Crippen LogP contribution in [0.3, 0.4) is 0 Å². The Balaban J connectivity index is 2.14. The quantitative estimate of drug-likeness (QED) is 0.834. The van der Waals surface area contributed by atoms with E-state index >= 15 is 0 Å². The van der Waals surface area contributed by atoms with E-state index in [1.807, 2.05) is 30.3 Å². The summed E-state index contributed by atoms with van der Waals surface area (Å²) in [4.78, 5) is 0. The van der Waals surface area contributed by atoms with Gasteiger partial charge in [0, 0.05) is 7.11 Å². The Morgan fingerprint density at radius 1 is 1.35 bits per heavy atom. The fraction of sp³-hybridized carbons (Fsp3) is 0.333. The first kappa shape index (κ1) is 11.8. The third-order valence-electron chi connectivity index (χ3n) is 2.55. The summed E-state index contributed by atoms with van der Waals surface area (Å²) >= 11 is 0. The lowest BCUT2D eigenvalue weighted by Crippen LogP contribution is -2.21. The molecule has 2 aromatic rings. The largest absolute Gasteiger partial charge is 0.383 e. The van der Waals surface area contributed by atoms with E-state index in [9.17, 15) is 0 Å². The van der Waals surface area contributed by atoms with Crippen molar-refractivity contribution in [1.82, 2.24) is 15.0 Å². The van der Waals surface area contributed by atoms with Crippen LogP contribution >= 0.6 is 0 Å². The van der Waals surface area contributed by atoms with Crippen molar-refractivity contribution in [2.75, 3.05) is 13.7 Å². The van der Waals surface area contributed by atoms with Gasteiger partial charge in [-0.2, -0.15) is 0 Å². The van der Waals surface area contributed by atoms with Gasteiger partial charge in [0.2, 0.25) is 0 Å². The summed E-state index contributed by atoms with van der Waals surface area (Å²) in [5.74, 6) is 0. The third-order valence-corrected chi connectivity index (χ3v) is 2.55. The topological polar surface area (TPSA) is 66.0 Å². The SMILES string of the molecule is COC[C@@H](N)c1cnnn1Cc1ccccc1. The van der Waals surface area contributed by atoms with Crippen LogP contribution in [0, 0.1) is 0 Å². The van der Waals surface area contributed by atoms with Crippen LogP contribution in [0.4, 0.5) is 0 Å². The average molecular weight is 232 g/mol. The predicted octanol–water partition coefficient (Wildman–Crippen LogP) is 0.973. The minimum absolute atomic E-state index is 0.196. The lowest BCUT2D eigenvalue weighted by Gasteiger charge is -2.12. The monoisotopic (exact) mass is 232 g/mol. The normalized spacial score (nSPS) is 12.6. The summed E-state index contributed by atoms with van der Waals surface area (Å²) in [5, 5.41) is 7.94. The molecule has 0 amide bonds. The Labute approximate surface area is 100 Å². The molecule has 0 aliphatic carbocycles. The van der Waals surface area contributed by atoms with Crippen molar-refractivity contribution in [2.24, 2.45) is 5.73 Å². The Bertz CT molecular complexity index is 455. The van der Waals surface area contributed by atoms with Gasteiger partial charge in [0.1, 0.15) is 0 Å². The predicted molar refractivity (Wildman–Crippen MR) is 64.4 cm³/mol. The average Bonchev–Trinajstić information content (AvgIpc) is 2.79. The van der Waals surface area contributed by atoms with E-state index in [1.165, 1.54) is 5.56 Å². The summed E-state index contributed by atoms with van der Waals surface area (Å²) in [6, 6.07) is 9.89. The molecule has 0 unspecified atom stereocenters. The van der Waals surface area contributed by atoms with Gasteiger partial charge in [-0.25, -0.2) is 4.68 Å². The van der Waals surface area contributed by atoms with Gasteiger partial charge in [0.15, 0.2) is 0 Å². The molecule has 0 fully saturated rings. The van der Waals surface area contributed by atoms with Crippen molar-refractivity contribution in [3.8, 4) is 0 Å². The van der Waals surface area contributed by atoms with Crippen LogP contribution in [-0.4, -0.2) is 28.7 Å². The van der Waals surface area contributed by atoms with E-state index in [4.69, 9.17) is 10.5 Å². The maximum absolute atomic E-state index is 5.98. The van der Waals surface area contributed by atoms with Crippen LogP contribution in [0.1, 0.15) is 17.3 Å². The van der Waals surface area contributed by atoms with Gasteiger partial charge in [-0.15, -0.1) is 5.10 Å². The van der Waals surface area contributed by atoms with Gasteiger partial charge in [-0.1, -0.05) is 35.5 Å². The fourth-order valence-electron chi connectivity index (χ4n) is 1.70. The van der Waals surface area contributed by atoms with Crippen LogP contribution in [-0.2, 0) is 11.3 Å². The van der Waals surface area contributed by atoms with Crippen molar-refractivity contribution in [2.45, 2.75) is 12.6 Å². The molecule has 0 radical (unpaired) electrons. The van der Waals surface area contributed by atoms with Crippen molar-refractivity contribution in [1.29, 1.82) is 0 Å². The Hall–Kier alpha value is -1.72. The fourth-order valence-corrected chi connectivity index (χ4v) is 1.70. The zero-order chi connectivity index (χ0) is 12.1.